The van der Waals surface area contributed by atoms with Gasteiger partial charge in [-0.25, -0.2) is 9.59 Å². The minimum absolute atomic E-state index is 0.286. The van der Waals surface area contributed by atoms with Crippen molar-refractivity contribution in [3.05, 3.63) is 21.4 Å². The van der Waals surface area contributed by atoms with Gasteiger partial charge in [-0.3, -0.25) is 4.90 Å². The zero-order valence-corrected chi connectivity index (χ0v) is 15.5. The molecule has 1 aliphatic rings. The molecule has 1 aromatic heterocycles. The van der Waals surface area contributed by atoms with Gasteiger partial charge in [0.05, 0.1) is 17.7 Å². The number of rotatable bonds is 2. The van der Waals surface area contributed by atoms with Gasteiger partial charge in [0.1, 0.15) is 5.60 Å². The Morgan fingerprint density at radius 1 is 1.35 bits per heavy atom. The molecule has 6 heteroatoms. The predicted molar refractivity (Wildman–Crippen MR) is 89.9 cm³/mol. The molecule has 1 aromatic rings. The summed E-state index contributed by atoms with van der Waals surface area (Å²) in [5, 5.41) is 1.84. The minimum atomic E-state index is -0.529. The lowest BCUT2D eigenvalue weighted by Crippen LogP contribution is -2.51. The maximum Gasteiger partial charge on any atom is 0.411 e. The van der Waals surface area contributed by atoms with Crippen LogP contribution in [0.2, 0.25) is 0 Å². The number of ether oxygens (including phenoxy) is 2. The summed E-state index contributed by atoms with van der Waals surface area (Å²) in [6.07, 6.45) is 0.314. The molecule has 23 heavy (non-hydrogen) atoms. The lowest BCUT2D eigenvalue weighted by Gasteiger charge is -2.42. The summed E-state index contributed by atoms with van der Waals surface area (Å²) in [4.78, 5) is 27.3. The van der Waals surface area contributed by atoms with Gasteiger partial charge in [-0.05, 0) is 53.5 Å². The van der Waals surface area contributed by atoms with Crippen molar-refractivity contribution in [2.24, 2.45) is 0 Å². The van der Waals surface area contributed by atoms with E-state index in [1.807, 2.05) is 40.0 Å². The molecule has 0 atom stereocenters. The second-order valence-electron chi connectivity index (χ2n) is 7.12. The smallest absolute Gasteiger partial charge is 0.411 e. The zero-order valence-electron chi connectivity index (χ0n) is 14.7. The molecule has 0 radical (unpaired) electrons. The minimum Gasteiger partial charge on any atom is -0.462 e. The Kier molecular flexibility index (Phi) is 4.76. The van der Waals surface area contributed by atoms with Crippen molar-refractivity contribution in [2.75, 3.05) is 13.2 Å². The van der Waals surface area contributed by atoms with Gasteiger partial charge in [-0.15, -0.1) is 11.3 Å². The molecule has 2 heterocycles. The van der Waals surface area contributed by atoms with E-state index in [0.29, 0.717) is 25.1 Å². The van der Waals surface area contributed by atoms with Gasteiger partial charge in [0.15, 0.2) is 0 Å². The third-order valence-corrected chi connectivity index (χ3v) is 5.15. The van der Waals surface area contributed by atoms with Crippen molar-refractivity contribution in [3.8, 4) is 0 Å². The number of nitrogens with zero attached hydrogens (tertiary/aromatic N) is 1. The molecule has 0 aliphatic carbocycles. The van der Waals surface area contributed by atoms with Gasteiger partial charge >= 0.3 is 12.1 Å². The summed E-state index contributed by atoms with van der Waals surface area (Å²) in [6, 6.07) is 0. The second-order valence-corrected chi connectivity index (χ2v) is 8.00. The summed E-state index contributed by atoms with van der Waals surface area (Å²) in [5.74, 6) is -0.286. The lowest BCUT2D eigenvalue weighted by atomic mass is 9.89. The molecule has 0 unspecified atom stereocenters. The molecule has 0 saturated carbocycles. The molecule has 128 valence electrons. The highest BCUT2D eigenvalue weighted by atomic mass is 32.1. The summed E-state index contributed by atoms with van der Waals surface area (Å²) in [5.41, 5.74) is 0.589. The van der Waals surface area contributed by atoms with Crippen LogP contribution in [0, 0.1) is 0 Å². The molecule has 1 aliphatic heterocycles. The zero-order chi connectivity index (χ0) is 17.4. The van der Waals surface area contributed by atoms with Crippen molar-refractivity contribution < 1.29 is 19.1 Å². The van der Waals surface area contributed by atoms with E-state index in [9.17, 15) is 9.59 Å². The van der Waals surface area contributed by atoms with Crippen LogP contribution in [0.25, 0.3) is 0 Å². The van der Waals surface area contributed by atoms with Crippen molar-refractivity contribution in [3.63, 3.8) is 0 Å². The third-order valence-electron chi connectivity index (χ3n) is 3.82. The molecule has 0 saturated heterocycles. The maximum atomic E-state index is 12.5. The molecular formula is C17H25NO4S. The molecule has 0 bridgehead atoms. The highest BCUT2D eigenvalue weighted by Crippen LogP contribution is 2.41. The standard InChI is InChI=1S/C17H25NO4S/c1-7-21-14(19)12-10-23-13-11(12)8-9-18(17(13,5)6)15(20)22-16(2,3)4/h10H,7-9H2,1-6H3. The summed E-state index contributed by atoms with van der Waals surface area (Å²) in [6.45, 7) is 12.2. The fraction of sp³-hybridized carbons (Fsp3) is 0.647. The van der Waals surface area contributed by atoms with E-state index in [0.717, 1.165) is 10.4 Å². The van der Waals surface area contributed by atoms with E-state index in [2.05, 4.69) is 0 Å². The Morgan fingerprint density at radius 3 is 2.57 bits per heavy atom. The first-order valence-electron chi connectivity index (χ1n) is 7.86. The van der Waals surface area contributed by atoms with Crippen LogP contribution < -0.4 is 0 Å². The number of thiophene rings is 1. The molecule has 2 rings (SSSR count). The Balaban J connectivity index is 2.30. The van der Waals surface area contributed by atoms with E-state index in [1.54, 1.807) is 11.8 Å². The summed E-state index contributed by atoms with van der Waals surface area (Å²) < 4.78 is 10.6. The van der Waals surface area contributed by atoms with Crippen LogP contribution in [0.5, 0.6) is 0 Å². The van der Waals surface area contributed by atoms with Gasteiger partial charge in [-0.1, -0.05) is 0 Å². The highest BCUT2D eigenvalue weighted by Gasteiger charge is 2.42. The van der Waals surface area contributed by atoms with Gasteiger partial charge in [0.2, 0.25) is 0 Å². The Morgan fingerprint density at radius 2 is 2.00 bits per heavy atom. The quantitative estimate of drug-likeness (QED) is 0.766. The van der Waals surface area contributed by atoms with Crippen LogP contribution in [0.3, 0.4) is 0 Å². The Hall–Kier alpha value is -1.56. The summed E-state index contributed by atoms with van der Waals surface area (Å²) in [7, 11) is 0. The van der Waals surface area contributed by atoms with Gasteiger partial charge in [-0.2, -0.15) is 0 Å². The normalized spacial score (nSPS) is 16.7. The molecule has 0 aromatic carbocycles. The average Bonchev–Trinajstić information content (AvgIpc) is 2.81. The van der Waals surface area contributed by atoms with E-state index < -0.39 is 11.1 Å². The molecule has 0 fully saturated rings. The van der Waals surface area contributed by atoms with Crippen molar-refractivity contribution >= 4 is 23.4 Å². The number of esters is 1. The monoisotopic (exact) mass is 339 g/mol. The highest BCUT2D eigenvalue weighted by molar-refractivity contribution is 7.10. The SMILES string of the molecule is CCOC(=O)c1csc2c1CCN(C(=O)OC(C)(C)C)C2(C)C. The third kappa shape index (κ3) is 3.52. The average molecular weight is 339 g/mol. The van der Waals surface area contributed by atoms with Crippen LogP contribution in [-0.2, 0) is 21.4 Å². The molecular weight excluding hydrogens is 314 g/mol. The van der Waals surface area contributed by atoms with E-state index in [4.69, 9.17) is 9.47 Å². The lowest BCUT2D eigenvalue weighted by molar-refractivity contribution is 0.000509. The fourth-order valence-electron chi connectivity index (χ4n) is 2.79. The van der Waals surface area contributed by atoms with Gasteiger partial charge in [0.25, 0.3) is 0 Å². The van der Waals surface area contributed by atoms with Gasteiger partial charge in [0, 0.05) is 16.8 Å². The molecule has 0 N–H and O–H groups in total. The predicted octanol–water partition coefficient (Wildman–Crippen LogP) is 3.95. The van der Waals surface area contributed by atoms with E-state index in [1.165, 1.54) is 11.3 Å². The largest absolute Gasteiger partial charge is 0.462 e. The number of amides is 1. The van der Waals surface area contributed by atoms with Crippen LogP contribution in [0.15, 0.2) is 5.38 Å². The number of carbonyl (C=O) groups excluding carboxylic acids is 2. The fourth-order valence-corrected chi connectivity index (χ4v) is 4.01. The molecule has 1 amide bonds. The van der Waals surface area contributed by atoms with Crippen LogP contribution in [0.4, 0.5) is 4.79 Å². The number of fused-ring (bicyclic) bond motifs is 1. The molecule has 0 spiro atoms. The first-order valence-corrected chi connectivity index (χ1v) is 8.74. The Bertz CT molecular complexity index is 613. The Labute approximate surface area is 141 Å². The van der Waals surface area contributed by atoms with Crippen molar-refractivity contribution in [2.45, 2.75) is 59.1 Å². The first-order chi connectivity index (χ1) is 10.6. The van der Waals surface area contributed by atoms with Crippen LogP contribution >= 0.6 is 11.3 Å². The topological polar surface area (TPSA) is 55.8 Å². The summed E-state index contributed by atoms with van der Waals surface area (Å²) >= 11 is 1.50. The second kappa shape index (κ2) is 6.15. The maximum absolute atomic E-state index is 12.5. The van der Waals surface area contributed by atoms with E-state index >= 15 is 0 Å². The number of carbonyl (C=O) groups is 2. The van der Waals surface area contributed by atoms with Gasteiger partial charge < -0.3 is 9.47 Å². The van der Waals surface area contributed by atoms with Crippen LogP contribution in [-0.4, -0.2) is 35.7 Å². The van der Waals surface area contributed by atoms with Crippen molar-refractivity contribution in [1.29, 1.82) is 0 Å². The molecule has 5 nitrogen and oxygen atoms in total. The van der Waals surface area contributed by atoms with Crippen LogP contribution in [0.1, 0.15) is 62.3 Å². The van der Waals surface area contributed by atoms with E-state index in [-0.39, 0.29) is 12.1 Å². The van der Waals surface area contributed by atoms with Crippen molar-refractivity contribution in [1.82, 2.24) is 4.90 Å². The number of hydrogen-bond donors (Lipinski definition) is 0. The first kappa shape index (κ1) is 17.8. The number of hydrogen-bond acceptors (Lipinski definition) is 5.